The van der Waals surface area contributed by atoms with E-state index in [1.807, 2.05) is 0 Å². The molecule has 3 amide bonds. The van der Waals surface area contributed by atoms with E-state index in [1.54, 1.807) is 38.1 Å². The van der Waals surface area contributed by atoms with Crippen molar-refractivity contribution < 1.29 is 19.2 Å². The summed E-state index contributed by atoms with van der Waals surface area (Å²) in [6, 6.07) is 4.83. The Bertz CT molecular complexity index is 690. The number of aldehydes is 1. The van der Waals surface area contributed by atoms with E-state index in [-0.39, 0.29) is 18.4 Å². The number of nitrogens with two attached hydrogens (primary N) is 1. The van der Waals surface area contributed by atoms with Crippen LogP contribution in [-0.2, 0) is 19.2 Å². The number of carbonyl (C=O) groups is 4. The van der Waals surface area contributed by atoms with Crippen molar-refractivity contribution in [2.75, 3.05) is 6.54 Å². The Hall–Kier alpha value is -2.22. The van der Waals surface area contributed by atoms with E-state index in [0.717, 1.165) is 9.37 Å². The summed E-state index contributed by atoms with van der Waals surface area (Å²) in [5.41, 5.74) is 6.05. The van der Waals surface area contributed by atoms with Gasteiger partial charge in [0.15, 0.2) is 0 Å². The van der Waals surface area contributed by atoms with Crippen molar-refractivity contribution in [2.24, 2.45) is 11.7 Å². The number of rotatable bonds is 6. The second-order valence-electron chi connectivity index (χ2n) is 6.32. The van der Waals surface area contributed by atoms with Crippen LogP contribution < -0.4 is 11.1 Å². The van der Waals surface area contributed by atoms with Crippen molar-refractivity contribution in [3.8, 4) is 0 Å². The Morgan fingerprint density at radius 2 is 1.92 bits per heavy atom. The molecule has 3 N–H and O–H groups in total. The molecule has 1 aromatic carbocycles. The van der Waals surface area contributed by atoms with E-state index in [9.17, 15) is 19.2 Å². The Morgan fingerprint density at radius 3 is 2.40 bits per heavy atom. The summed E-state index contributed by atoms with van der Waals surface area (Å²) in [5, 5.41) is 2.62. The minimum Gasteiger partial charge on any atom is -0.368 e. The van der Waals surface area contributed by atoms with Crippen LogP contribution >= 0.6 is 15.9 Å². The van der Waals surface area contributed by atoms with Crippen molar-refractivity contribution in [1.82, 2.24) is 10.2 Å². The molecule has 1 aliphatic heterocycles. The number of hydrogen-bond donors (Lipinski definition) is 2. The van der Waals surface area contributed by atoms with Crippen LogP contribution in [0.1, 0.15) is 25.3 Å². The molecule has 0 spiro atoms. The van der Waals surface area contributed by atoms with E-state index < -0.39 is 29.8 Å². The first-order valence-corrected chi connectivity index (χ1v) is 8.65. The fourth-order valence-electron chi connectivity index (χ4n) is 2.92. The maximum atomic E-state index is 12.7. The monoisotopic (exact) mass is 409 g/mol. The van der Waals surface area contributed by atoms with Crippen LogP contribution in [0, 0.1) is 5.92 Å². The van der Waals surface area contributed by atoms with E-state index in [0.29, 0.717) is 11.8 Å². The average Bonchev–Trinajstić information content (AvgIpc) is 2.55. The Balaban J connectivity index is 2.42. The van der Waals surface area contributed by atoms with Gasteiger partial charge < -0.3 is 20.7 Å². The molecular formula is C17H20BrN3O4. The van der Waals surface area contributed by atoms with Crippen LogP contribution in [0.5, 0.6) is 0 Å². The van der Waals surface area contributed by atoms with Crippen LogP contribution in [0.25, 0.3) is 0 Å². The molecule has 1 saturated heterocycles. The van der Waals surface area contributed by atoms with Crippen molar-refractivity contribution in [3.05, 3.63) is 34.3 Å². The number of nitrogens with zero attached hydrogens (tertiary/aromatic N) is 1. The predicted octanol–water partition coefficient (Wildman–Crippen LogP) is 0.568. The SMILES string of the molecule is CC(C)C1NC(=O)CN(C(C(N)=O)C(C=O)c2ccc(Br)cc2)C1=O. The first kappa shape index (κ1) is 19.1. The van der Waals surface area contributed by atoms with Crippen molar-refractivity contribution in [2.45, 2.75) is 31.8 Å². The molecule has 3 unspecified atom stereocenters. The zero-order chi connectivity index (χ0) is 18.7. The Kier molecular flexibility index (Phi) is 5.94. The number of hydrogen-bond acceptors (Lipinski definition) is 4. The fourth-order valence-corrected chi connectivity index (χ4v) is 3.19. The summed E-state index contributed by atoms with van der Waals surface area (Å²) in [5.74, 6) is -2.73. The number of carbonyl (C=O) groups excluding carboxylic acids is 4. The normalized spacial score (nSPS) is 20.2. The standard InChI is InChI=1S/C17H20BrN3O4/c1-9(2)14-17(25)21(7-13(23)20-14)15(16(19)24)12(8-22)10-3-5-11(18)6-4-10/h3-6,8-9,12,14-15H,7H2,1-2H3,(H2,19,24)(H,20,23). The second-order valence-corrected chi connectivity index (χ2v) is 7.23. The van der Waals surface area contributed by atoms with E-state index in [2.05, 4.69) is 21.2 Å². The third-order valence-corrected chi connectivity index (χ3v) is 4.74. The molecule has 134 valence electrons. The highest BCUT2D eigenvalue weighted by Crippen LogP contribution is 2.26. The van der Waals surface area contributed by atoms with Gasteiger partial charge in [-0.3, -0.25) is 14.4 Å². The third kappa shape index (κ3) is 4.07. The minimum atomic E-state index is -1.22. The largest absolute Gasteiger partial charge is 0.368 e. The fraction of sp³-hybridized carbons (Fsp3) is 0.412. The van der Waals surface area contributed by atoms with Gasteiger partial charge in [-0.05, 0) is 23.6 Å². The topological polar surface area (TPSA) is 110 Å². The zero-order valence-electron chi connectivity index (χ0n) is 13.9. The van der Waals surface area contributed by atoms with Crippen molar-refractivity contribution >= 4 is 39.9 Å². The van der Waals surface area contributed by atoms with Crippen LogP contribution in [0.4, 0.5) is 0 Å². The first-order valence-electron chi connectivity index (χ1n) is 7.86. The average molecular weight is 410 g/mol. The summed E-state index contributed by atoms with van der Waals surface area (Å²) in [4.78, 5) is 49.7. The molecule has 3 atom stereocenters. The highest BCUT2D eigenvalue weighted by molar-refractivity contribution is 9.10. The smallest absolute Gasteiger partial charge is 0.246 e. The van der Waals surface area contributed by atoms with Gasteiger partial charge in [0.05, 0.1) is 5.92 Å². The summed E-state index contributed by atoms with van der Waals surface area (Å²) >= 11 is 3.30. The second kappa shape index (κ2) is 7.77. The Labute approximate surface area is 154 Å². The van der Waals surface area contributed by atoms with E-state index in [4.69, 9.17) is 5.73 Å². The molecule has 7 nitrogen and oxygen atoms in total. The van der Waals surface area contributed by atoms with Gasteiger partial charge in [-0.25, -0.2) is 0 Å². The lowest BCUT2D eigenvalue weighted by atomic mass is 9.89. The first-order chi connectivity index (χ1) is 11.8. The third-order valence-electron chi connectivity index (χ3n) is 4.22. The number of benzene rings is 1. The summed E-state index contributed by atoms with van der Waals surface area (Å²) < 4.78 is 0.810. The summed E-state index contributed by atoms with van der Waals surface area (Å²) in [6.07, 6.45) is 0.586. The molecule has 1 aliphatic rings. The molecule has 1 aromatic rings. The molecule has 0 aliphatic carbocycles. The van der Waals surface area contributed by atoms with Crippen molar-refractivity contribution in [3.63, 3.8) is 0 Å². The van der Waals surface area contributed by atoms with Crippen LogP contribution in [0.2, 0.25) is 0 Å². The molecule has 25 heavy (non-hydrogen) atoms. The lowest BCUT2D eigenvalue weighted by Crippen LogP contribution is -2.65. The number of primary amides is 1. The Morgan fingerprint density at radius 1 is 1.32 bits per heavy atom. The van der Waals surface area contributed by atoms with E-state index in [1.165, 1.54) is 0 Å². The van der Waals surface area contributed by atoms with E-state index >= 15 is 0 Å². The quantitative estimate of drug-likeness (QED) is 0.669. The minimum absolute atomic E-state index is 0.157. The van der Waals surface area contributed by atoms with Gasteiger partial charge in [-0.15, -0.1) is 0 Å². The molecule has 1 fully saturated rings. The summed E-state index contributed by atoms with van der Waals surface area (Å²) in [7, 11) is 0. The van der Waals surface area contributed by atoms with Gasteiger partial charge in [0.25, 0.3) is 0 Å². The number of halogens is 1. The van der Waals surface area contributed by atoms with Gasteiger partial charge in [-0.1, -0.05) is 41.9 Å². The highest BCUT2D eigenvalue weighted by atomic mass is 79.9. The predicted molar refractivity (Wildman–Crippen MR) is 94.4 cm³/mol. The van der Waals surface area contributed by atoms with Gasteiger partial charge >= 0.3 is 0 Å². The molecule has 0 aromatic heterocycles. The molecule has 1 heterocycles. The number of nitrogens with one attached hydrogen (secondary N) is 1. The lowest BCUT2D eigenvalue weighted by molar-refractivity contribution is -0.151. The molecule has 0 saturated carbocycles. The number of piperazine rings is 1. The molecule has 8 heteroatoms. The maximum Gasteiger partial charge on any atom is 0.246 e. The van der Waals surface area contributed by atoms with Gasteiger partial charge in [0.1, 0.15) is 24.9 Å². The lowest BCUT2D eigenvalue weighted by Gasteiger charge is -2.39. The zero-order valence-corrected chi connectivity index (χ0v) is 15.5. The number of amides is 3. The molecule has 2 rings (SSSR count). The summed E-state index contributed by atoms with van der Waals surface area (Å²) in [6.45, 7) is 3.27. The molecular weight excluding hydrogens is 390 g/mol. The molecule has 0 bridgehead atoms. The van der Waals surface area contributed by atoms with Gasteiger partial charge in [0.2, 0.25) is 17.7 Å². The maximum absolute atomic E-state index is 12.7. The molecule has 0 radical (unpaired) electrons. The van der Waals surface area contributed by atoms with Crippen LogP contribution in [0.3, 0.4) is 0 Å². The highest BCUT2D eigenvalue weighted by Gasteiger charge is 2.43. The van der Waals surface area contributed by atoms with Crippen LogP contribution in [0.15, 0.2) is 28.7 Å². The van der Waals surface area contributed by atoms with Gasteiger partial charge in [0, 0.05) is 4.47 Å². The van der Waals surface area contributed by atoms with Crippen molar-refractivity contribution in [1.29, 1.82) is 0 Å². The van der Waals surface area contributed by atoms with Crippen LogP contribution in [-0.4, -0.2) is 47.5 Å². The van der Waals surface area contributed by atoms with Gasteiger partial charge in [-0.2, -0.15) is 0 Å².